The second-order valence-corrected chi connectivity index (χ2v) is 7.31. The van der Waals surface area contributed by atoms with E-state index in [1.165, 1.54) is 12.1 Å². The number of rotatable bonds is 6. The molecule has 3 atom stereocenters. The lowest BCUT2D eigenvalue weighted by molar-refractivity contribution is 0.287. The Bertz CT molecular complexity index is 647. The summed E-state index contributed by atoms with van der Waals surface area (Å²) in [5, 5.41) is 25.0. The molecule has 0 bridgehead atoms. The number of halogens is 1. The van der Waals surface area contributed by atoms with Crippen molar-refractivity contribution in [3.05, 3.63) is 35.6 Å². The Hall–Kier alpha value is -1.99. The van der Waals surface area contributed by atoms with Gasteiger partial charge in [-0.2, -0.15) is 10.5 Å². The van der Waals surface area contributed by atoms with Gasteiger partial charge >= 0.3 is 0 Å². The van der Waals surface area contributed by atoms with E-state index in [9.17, 15) is 14.9 Å². The minimum atomic E-state index is -1.15. The lowest BCUT2D eigenvalue weighted by Gasteiger charge is -2.26. The van der Waals surface area contributed by atoms with Gasteiger partial charge in [0.2, 0.25) is 5.54 Å². The molecule has 1 aromatic rings. The molecule has 0 aromatic heterocycles. The highest BCUT2D eigenvalue weighted by Crippen LogP contribution is 2.39. The third-order valence-corrected chi connectivity index (χ3v) is 5.42. The third kappa shape index (κ3) is 3.99. The zero-order chi connectivity index (χ0) is 17.9. The second-order valence-electron chi connectivity index (χ2n) is 7.31. The van der Waals surface area contributed by atoms with Crippen LogP contribution in [0.1, 0.15) is 18.4 Å². The largest absolute Gasteiger partial charge is 0.316 e. The number of nitrogens with one attached hydrogen (secondary N) is 2. The number of likely N-dealkylation sites (tertiary alicyclic amines) is 1. The van der Waals surface area contributed by atoms with Gasteiger partial charge in [0.25, 0.3) is 0 Å². The fourth-order valence-electron chi connectivity index (χ4n) is 4.33. The molecule has 6 heteroatoms. The molecule has 5 nitrogen and oxygen atoms in total. The smallest absolute Gasteiger partial charge is 0.206 e. The molecule has 25 heavy (non-hydrogen) atoms. The van der Waals surface area contributed by atoms with E-state index in [1.54, 1.807) is 7.05 Å². The molecule has 1 unspecified atom stereocenters. The van der Waals surface area contributed by atoms with Crippen molar-refractivity contribution in [2.75, 3.05) is 26.7 Å². The highest BCUT2D eigenvalue weighted by Gasteiger charge is 2.43. The van der Waals surface area contributed by atoms with E-state index in [1.807, 2.05) is 12.1 Å². The second kappa shape index (κ2) is 7.49. The molecule has 1 saturated carbocycles. The molecule has 2 fully saturated rings. The minimum Gasteiger partial charge on any atom is -0.316 e. The monoisotopic (exact) mass is 341 g/mol. The van der Waals surface area contributed by atoms with E-state index in [0.717, 1.165) is 38.0 Å². The molecule has 1 saturated heterocycles. The van der Waals surface area contributed by atoms with Crippen LogP contribution >= 0.6 is 0 Å². The molecule has 2 N–H and O–H groups in total. The zero-order valence-electron chi connectivity index (χ0n) is 14.5. The molecular weight excluding hydrogens is 317 g/mol. The maximum Gasteiger partial charge on any atom is 0.206 e. The van der Waals surface area contributed by atoms with Crippen molar-refractivity contribution < 1.29 is 4.39 Å². The summed E-state index contributed by atoms with van der Waals surface area (Å²) in [5.41, 5.74) is -0.00989. The van der Waals surface area contributed by atoms with Crippen LogP contribution in [0.25, 0.3) is 0 Å². The molecule has 132 valence electrons. The van der Waals surface area contributed by atoms with Crippen LogP contribution in [0.5, 0.6) is 0 Å². The van der Waals surface area contributed by atoms with Crippen LogP contribution in [0.2, 0.25) is 0 Å². The Kier molecular flexibility index (Phi) is 5.34. The van der Waals surface area contributed by atoms with Gasteiger partial charge in [-0.1, -0.05) is 12.1 Å². The summed E-state index contributed by atoms with van der Waals surface area (Å²) in [5.74, 6) is 1.00. The summed E-state index contributed by atoms with van der Waals surface area (Å²) in [7, 11) is 1.75. The van der Waals surface area contributed by atoms with Gasteiger partial charge in [-0.25, -0.2) is 4.39 Å². The van der Waals surface area contributed by atoms with Crippen LogP contribution in [-0.4, -0.2) is 43.2 Å². The molecule has 3 rings (SSSR count). The lowest BCUT2D eigenvalue weighted by atomic mass is 10.0. The van der Waals surface area contributed by atoms with Gasteiger partial charge in [0.05, 0.1) is 0 Å². The predicted molar refractivity (Wildman–Crippen MR) is 92.7 cm³/mol. The SMILES string of the molecule is CNCC(C#N)(C#N)N[C@@H]1CC2CN(Cc3ccc(F)cc3)C[C@@H]2C1. The van der Waals surface area contributed by atoms with Gasteiger partial charge in [-0.3, -0.25) is 10.2 Å². The molecule has 0 amide bonds. The van der Waals surface area contributed by atoms with Crippen LogP contribution in [0, 0.1) is 40.3 Å². The van der Waals surface area contributed by atoms with Crippen LogP contribution in [0.3, 0.4) is 0 Å². The number of nitrogens with zero attached hydrogens (tertiary/aromatic N) is 3. The highest BCUT2D eigenvalue weighted by molar-refractivity contribution is 5.24. The summed E-state index contributed by atoms with van der Waals surface area (Å²) >= 11 is 0. The van der Waals surface area contributed by atoms with Crippen LogP contribution in [-0.2, 0) is 6.54 Å². The Balaban J connectivity index is 1.53. The maximum absolute atomic E-state index is 13.0. The van der Waals surface area contributed by atoms with Gasteiger partial charge in [-0.15, -0.1) is 0 Å². The van der Waals surface area contributed by atoms with E-state index in [-0.39, 0.29) is 11.9 Å². The van der Waals surface area contributed by atoms with E-state index in [0.29, 0.717) is 18.4 Å². The first-order valence-electron chi connectivity index (χ1n) is 8.79. The summed E-state index contributed by atoms with van der Waals surface area (Å²) < 4.78 is 13.0. The number of fused-ring (bicyclic) bond motifs is 1. The topological polar surface area (TPSA) is 74.9 Å². The van der Waals surface area contributed by atoms with E-state index < -0.39 is 5.54 Å². The van der Waals surface area contributed by atoms with Crippen molar-refractivity contribution in [3.8, 4) is 12.1 Å². The number of benzene rings is 1. The molecule has 1 aromatic carbocycles. The predicted octanol–water partition coefficient (Wildman–Crippen LogP) is 1.63. The van der Waals surface area contributed by atoms with Crippen molar-refractivity contribution in [2.24, 2.45) is 11.8 Å². The Morgan fingerprint density at radius 2 is 1.76 bits per heavy atom. The van der Waals surface area contributed by atoms with Crippen molar-refractivity contribution in [1.82, 2.24) is 15.5 Å². The van der Waals surface area contributed by atoms with E-state index in [2.05, 4.69) is 27.7 Å². The lowest BCUT2D eigenvalue weighted by Crippen LogP contribution is -2.53. The van der Waals surface area contributed by atoms with Crippen LogP contribution in [0.15, 0.2) is 24.3 Å². The first-order valence-corrected chi connectivity index (χ1v) is 8.79. The summed E-state index contributed by atoms with van der Waals surface area (Å²) in [4.78, 5) is 2.42. The quantitative estimate of drug-likeness (QED) is 0.823. The van der Waals surface area contributed by atoms with E-state index >= 15 is 0 Å². The van der Waals surface area contributed by atoms with Gasteiger partial charge in [0, 0.05) is 32.2 Å². The summed E-state index contributed by atoms with van der Waals surface area (Å²) in [6, 6.07) is 11.2. The standard InChI is InChI=1S/C19H24FN5/c1-23-13-19(11-21,12-22)24-18-6-15-9-25(10-16(15)7-18)8-14-2-4-17(20)5-3-14/h2-5,15-16,18,23-24H,6-10,13H2,1H3/t15-,16?,18-/m0/s1. The minimum absolute atomic E-state index is 0.198. The maximum atomic E-state index is 13.0. The Labute approximate surface area is 148 Å². The molecule has 2 aliphatic rings. The van der Waals surface area contributed by atoms with Crippen LogP contribution in [0.4, 0.5) is 4.39 Å². The van der Waals surface area contributed by atoms with Crippen molar-refractivity contribution in [2.45, 2.75) is 31.0 Å². The molecule has 0 radical (unpaired) electrons. The summed E-state index contributed by atoms with van der Waals surface area (Å²) in [6.07, 6.45) is 2.00. The fourth-order valence-corrected chi connectivity index (χ4v) is 4.33. The van der Waals surface area contributed by atoms with E-state index in [4.69, 9.17) is 0 Å². The average Bonchev–Trinajstić information content (AvgIpc) is 3.14. The van der Waals surface area contributed by atoms with Gasteiger partial charge in [0.1, 0.15) is 18.0 Å². The van der Waals surface area contributed by atoms with Crippen molar-refractivity contribution >= 4 is 0 Å². The zero-order valence-corrected chi connectivity index (χ0v) is 14.5. The normalized spacial score (nSPS) is 26.2. The van der Waals surface area contributed by atoms with Gasteiger partial charge in [-0.05, 0) is 49.4 Å². The first-order chi connectivity index (χ1) is 12.1. The highest BCUT2D eigenvalue weighted by atomic mass is 19.1. The Morgan fingerprint density at radius 1 is 1.16 bits per heavy atom. The number of hydrogen-bond donors (Lipinski definition) is 2. The van der Waals surface area contributed by atoms with Gasteiger partial charge in [0.15, 0.2) is 0 Å². The molecule has 1 heterocycles. The molecular formula is C19H24FN5. The first kappa shape index (κ1) is 17.8. The Morgan fingerprint density at radius 3 is 2.28 bits per heavy atom. The third-order valence-electron chi connectivity index (χ3n) is 5.42. The fraction of sp³-hybridized carbons (Fsp3) is 0.579. The molecule has 1 aliphatic carbocycles. The molecule has 1 aliphatic heterocycles. The summed E-state index contributed by atoms with van der Waals surface area (Å²) in [6.45, 7) is 3.23. The number of likely N-dealkylation sites (N-methyl/N-ethyl adjacent to an activating group) is 1. The number of hydrogen-bond acceptors (Lipinski definition) is 5. The number of nitriles is 2. The van der Waals surface area contributed by atoms with Crippen LogP contribution < -0.4 is 10.6 Å². The molecule has 0 spiro atoms. The van der Waals surface area contributed by atoms with Crippen molar-refractivity contribution in [1.29, 1.82) is 10.5 Å². The van der Waals surface area contributed by atoms with Crippen molar-refractivity contribution in [3.63, 3.8) is 0 Å². The van der Waals surface area contributed by atoms with Gasteiger partial charge < -0.3 is 5.32 Å². The average molecular weight is 341 g/mol.